The van der Waals surface area contributed by atoms with Crippen LogP contribution in [0.3, 0.4) is 0 Å². The minimum Gasteiger partial charge on any atom is -0.396 e. The van der Waals surface area contributed by atoms with Gasteiger partial charge in [0, 0.05) is 32.0 Å². The molecule has 0 aromatic carbocycles. The van der Waals surface area contributed by atoms with Crippen molar-refractivity contribution in [3.8, 4) is 0 Å². The molecule has 0 spiro atoms. The first kappa shape index (κ1) is 16.1. The Morgan fingerprint density at radius 3 is 2.67 bits per heavy atom. The number of hydrogen-bond donors (Lipinski definition) is 2. The van der Waals surface area contributed by atoms with Gasteiger partial charge in [-0.3, -0.25) is 0 Å². The van der Waals surface area contributed by atoms with E-state index in [9.17, 15) is 13.5 Å². The highest BCUT2D eigenvalue weighted by Crippen LogP contribution is 2.34. The summed E-state index contributed by atoms with van der Waals surface area (Å²) in [7, 11) is -3.46. The Balaban J connectivity index is 2.49. The Morgan fingerprint density at radius 2 is 2.14 bits per heavy atom. The normalized spacial score (nSPS) is 20.2. The second-order valence-electron chi connectivity index (χ2n) is 5.99. The van der Waals surface area contributed by atoms with Crippen molar-refractivity contribution < 1.29 is 13.5 Å². The molecule has 8 heteroatoms. The Labute approximate surface area is 125 Å². The second kappa shape index (κ2) is 5.84. The minimum atomic E-state index is -3.46. The van der Waals surface area contributed by atoms with Crippen LogP contribution in [0.2, 0.25) is 0 Å². The van der Waals surface area contributed by atoms with Crippen LogP contribution in [0.5, 0.6) is 0 Å². The molecule has 1 unspecified atom stereocenters. The Bertz CT molecular complexity index is 609. The maximum atomic E-state index is 12.1. The predicted octanol–water partition coefficient (Wildman–Crippen LogP) is 0.658. The number of piperidine rings is 1. The first-order chi connectivity index (χ1) is 9.75. The molecule has 1 saturated heterocycles. The average Bonchev–Trinajstić information content (AvgIpc) is 2.76. The molecule has 1 aliphatic rings. The average molecular weight is 316 g/mol. The summed E-state index contributed by atoms with van der Waals surface area (Å²) in [5, 5.41) is 13.8. The van der Waals surface area contributed by atoms with E-state index in [0.29, 0.717) is 12.4 Å². The van der Waals surface area contributed by atoms with E-state index in [-0.39, 0.29) is 29.3 Å². The van der Waals surface area contributed by atoms with E-state index in [1.165, 1.54) is 0 Å². The molecule has 21 heavy (non-hydrogen) atoms. The third-order valence-electron chi connectivity index (χ3n) is 3.82. The van der Waals surface area contributed by atoms with Crippen molar-refractivity contribution >= 4 is 21.5 Å². The topological polar surface area (TPSA) is 101 Å². The van der Waals surface area contributed by atoms with Gasteiger partial charge >= 0.3 is 0 Å². The lowest BCUT2D eigenvalue weighted by atomic mass is 9.99. The van der Waals surface area contributed by atoms with Crippen LogP contribution in [0.15, 0.2) is 4.90 Å². The fourth-order valence-electron chi connectivity index (χ4n) is 2.78. The summed E-state index contributed by atoms with van der Waals surface area (Å²) in [6.45, 7) is 5.25. The molecule has 1 aliphatic heterocycles. The van der Waals surface area contributed by atoms with Crippen molar-refractivity contribution in [2.24, 2.45) is 5.92 Å². The molecular weight excluding hydrogens is 292 g/mol. The van der Waals surface area contributed by atoms with Gasteiger partial charge in [0.05, 0.1) is 0 Å². The van der Waals surface area contributed by atoms with Crippen molar-refractivity contribution in [3.05, 3.63) is 0 Å². The summed E-state index contributed by atoms with van der Waals surface area (Å²) in [5.41, 5.74) is 6.01. The zero-order chi connectivity index (χ0) is 15.8. The van der Waals surface area contributed by atoms with Crippen LogP contribution >= 0.6 is 0 Å². The summed E-state index contributed by atoms with van der Waals surface area (Å²) in [6.07, 6.45) is 3.01. The number of hydrogen-bond acceptors (Lipinski definition) is 6. The van der Waals surface area contributed by atoms with Gasteiger partial charge < -0.3 is 15.7 Å². The smallest absolute Gasteiger partial charge is 0.182 e. The number of anilines is 2. The van der Waals surface area contributed by atoms with E-state index in [2.05, 4.69) is 5.10 Å². The lowest BCUT2D eigenvalue weighted by Crippen LogP contribution is -2.37. The highest BCUT2D eigenvalue weighted by atomic mass is 32.2. The molecule has 1 fully saturated rings. The summed E-state index contributed by atoms with van der Waals surface area (Å²) in [4.78, 5) is 2.03. The molecule has 0 aliphatic carbocycles. The van der Waals surface area contributed by atoms with E-state index in [1.54, 1.807) is 4.68 Å². The molecule has 1 aromatic rings. The minimum absolute atomic E-state index is 0.0160. The number of rotatable bonds is 4. The monoisotopic (exact) mass is 316 g/mol. The summed E-state index contributed by atoms with van der Waals surface area (Å²) in [5.74, 6) is 0.757. The van der Waals surface area contributed by atoms with Gasteiger partial charge in [0.25, 0.3) is 0 Å². The Hall–Kier alpha value is -1.28. The molecule has 2 heterocycles. The molecule has 2 rings (SSSR count). The zero-order valence-corrected chi connectivity index (χ0v) is 13.6. The van der Waals surface area contributed by atoms with Gasteiger partial charge in [0.1, 0.15) is 5.82 Å². The van der Waals surface area contributed by atoms with Gasteiger partial charge in [0.2, 0.25) is 0 Å². The fraction of sp³-hybridized carbons (Fsp3) is 0.769. The van der Waals surface area contributed by atoms with Crippen molar-refractivity contribution in [1.82, 2.24) is 9.78 Å². The lowest BCUT2D eigenvalue weighted by molar-refractivity contribution is 0.208. The molecule has 120 valence electrons. The molecule has 0 saturated carbocycles. The molecule has 1 atom stereocenters. The number of nitrogen functional groups attached to an aromatic ring is 1. The molecular formula is C13H24N4O3S. The van der Waals surface area contributed by atoms with Crippen molar-refractivity contribution in [3.63, 3.8) is 0 Å². The van der Waals surface area contributed by atoms with E-state index in [4.69, 9.17) is 5.73 Å². The van der Waals surface area contributed by atoms with Crippen LogP contribution in [-0.2, 0) is 9.84 Å². The van der Waals surface area contributed by atoms with Gasteiger partial charge in [0.15, 0.2) is 20.6 Å². The van der Waals surface area contributed by atoms with Crippen LogP contribution in [0, 0.1) is 5.92 Å². The highest BCUT2D eigenvalue weighted by molar-refractivity contribution is 7.91. The largest absolute Gasteiger partial charge is 0.396 e. The fourth-order valence-corrected chi connectivity index (χ4v) is 3.76. The molecule has 0 amide bonds. The molecule has 7 nitrogen and oxygen atoms in total. The maximum Gasteiger partial charge on any atom is 0.182 e. The Morgan fingerprint density at radius 1 is 1.48 bits per heavy atom. The van der Waals surface area contributed by atoms with Gasteiger partial charge in [-0.25, -0.2) is 13.1 Å². The van der Waals surface area contributed by atoms with Gasteiger partial charge in [-0.05, 0) is 32.6 Å². The maximum absolute atomic E-state index is 12.1. The van der Waals surface area contributed by atoms with Gasteiger partial charge in [-0.1, -0.05) is 0 Å². The van der Waals surface area contributed by atoms with Crippen LogP contribution < -0.4 is 10.6 Å². The van der Waals surface area contributed by atoms with Crippen molar-refractivity contribution in [2.75, 3.05) is 36.6 Å². The summed E-state index contributed by atoms with van der Waals surface area (Å²) >= 11 is 0. The van der Waals surface area contributed by atoms with Gasteiger partial charge in [-0.2, -0.15) is 5.10 Å². The predicted molar refractivity (Wildman–Crippen MR) is 82.2 cm³/mol. The SMILES string of the molecule is CC(C)n1nc(N2CCCC(CO)C2)c(S(C)(=O)=O)c1N. The van der Waals surface area contributed by atoms with Crippen LogP contribution in [0.4, 0.5) is 11.6 Å². The first-order valence-corrected chi connectivity index (χ1v) is 9.08. The first-order valence-electron chi connectivity index (χ1n) is 7.19. The van der Waals surface area contributed by atoms with E-state index in [1.807, 2.05) is 18.7 Å². The molecule has 3 N–H and O–H groups in total. The van der Waals surface area contributed by atoms with Crippen LogP contribution in [0.25, 0.3) is 0 Å². The van der Waals surface area contributed by atoms with E-state index >= 15 is 0 Å². The van der Waals surface area contributed by atoms with Crippen LogP contribution in [-0.4, -0.2) is 49.3 Å². The molecule has 0 bridgehead atoms. The second-order valence-corrected chi connectivity index (χ2v) is 7.94. The van der Waals surface area contributed by atoms with E-state index < -0.39 is 9.84 Å². The number of aliphatic hydroxyl groups excluding tert-OH is 1. The lowest BCUT2D eigenvalue weighted by Gasteiger charge is -2.32. The van der Waals surface area contributed by atoms with Crippen molar-refractivity contribution in [2.45, 2.75) is 37.6 Å². The quantitative estimate of drug-likeness (QED) is 0.846. The number of nitrogens with zero attached hydrogens (tertiary/aromatic N) is 3. The Kier molecular flexibility index (Phi) is 4.48. The van der Waals surface area contributed by atoms with Crippen LogP contribution in [0.1, 0.15) is 32.7 Å². The third-order valence-corrected chi connectivity index (χ3v) is 4.95. The van der Waals surface area contributed by atoms with Gasteiger partial charge in [-0.15, -0.1) is 0 Å². The number of nitrogens with two attached hydrogens (primary N) is 1. The summed E-state index contributed by atoms with van der Waals surface area (Å²) < 4.78 is 25.7. The molecule has 0 radical (unpaired) electrons. The highest BCUT2D eigenvalue weighted by Gasteiger charge is 2.31. The number of sulfone groups is 1. The summed E-state index contributed by atoms with van der Waals surface area (Å²) in [6, 6.07) is -0.0160. The van der Waals surface area contributed by atoms with Crippen molar-refractivity contribution in [1.29, 1.82) is 0 Å². The zero-order valence-electron chi connectivity index (χ0n) is 12.8. The van der Waals surface area contributed by atoms with E-state index in [0.717, 1.165) is 25.6 Å². The number of aromatic nitrogens is 2. The number of aliphatic hydroxyl groups is 1. The third kappa shape index (κ3) is 3.16. The molecule has 1 aromatic heterocycles. The standard InChI is InChI=1S/C13H24N4O3S/c1-9(2)17-12(14)11(21(3,19)20)13(15-17)16-6-4-5-10(7-16)8-18/h9-10,18H,4-8,14H2,1-3H3.